The van der Waals surface area contributed by atoms with Crippen molar-refractivity contribution in [1.29, 1.82) is 0 Å². The summed E-state index contributed by atoms with van der Waals surface area (Å²) in [5, 5.41) is 41.4. The normalized spacial score (nSPS) is 17.3. The van der Waals surface area contributed by atoms with Crippen molar-refractivity contribution in [1.82, 2.24) is 9.80 Å². The number of hydrogen-bond donors (Lipinski definition) is 5. The van der Waals surface area contributed by atoms with Gasteiger partial charge in [-0.15, -0.1) is 12.6 Å². The molecule has 3 aliphatic rings. The number of allylic oxidation sites excluding steroid dienone is 7. The number of ether oxygens (including phenoxy) is 1. The van der Waals surface area contributed by atoms with Crippen LogP contribution in [0.15, 0.2) is 205 Å². The van der Waals surface area contributed by atoms with Gasteiger partial charge < -0.3 is 34.3 Å². The number of hydrogen-bond acceptors (Lipinski definition) is 15. The van der Waals surface area contributed by atoms with Crippen molar-refractivity contribution in [3.8, 4) is 5.75 Å². The molecule has 2 unspecified atom stereocenters. The van der Waals surface area contributed by atoms with E-state index in [4.69, 9.17) is 17.4 Å². The van der Waals surface area contributed by atoms with Crippen molar-refractivity contribution < 1.29 is 60.1 Å². The lowest BCUT2D eigenvalue weighted by atomic mass is 9.77. The van der Waals surface area contributed by atoms with E-state index in [9.17, 15) is 37.9 Å². The van der Waals surface area contributed by atoms with Gasteiger partial charge in [-0.25, -0.2) is 8.42 Å². The fourth-order valence-corrected chi connectivity index (χ4v) is 14.2. The summed E-state index contributed by atoms with van der Waals surface area (Å²) in [6.07, 6.45) is 16.8. The van der Waals surface area contributed by atoms with Gasteiger partial charge in [-0.3, -0.25) is 19.5 Å². The van der Waals surface area contributed by atoms with Crippen LogP contribution in [0.5, 0.6) is 5.75 Å². The number of rotatable bonds is 31. The second-order valence-electron chi connectivity index (χ2n) is 26.4. The Hall–Kier alpha value is -7.33. The summed E-state index contributed by atoms with van der Waals surface area (Å²) < 4.78 is 67.4. The quantitative estimate of drug-likeness (QED) is 0.0118. The lowest BCUT2D eigenvalue weighted by molar-refractivity contribution is -0.850. The highest BCUT2D eigenvalue weighted by molar-refractivity contribution is 7.85. The van der Waals surface area contributed by atoms with Crippen LogP contribution >= 0.6 is 0 Å². The summed E-state index contributed by atoms with van der Waals surface area (Å²) in [4.78, 5) is 20.7. The number of carbonyl (C=O) groups is 1. The lowest BCUT2D eigenvalue weighted by Crippen LogP contribution is -3.10. The van der Waals surface area contributed by atoms with Crippen molar-refractivity contribution in [2.75, 3.05) is 30.3 Å². The third-order valence-electron chi connectivity index (χ3n) is 18.6. The van der Waals surface area contributed by atoms with Crippen LogP contribution in [0.1, 0.15) is 145 Å². The molecule has 0 saturated heterocycles. The Morgan fingerprint density at radius 3 is 1.84 bits per heavy atom. The van der Waals surface area contributed by atoms with Crippen molar-refractivity contribution in [2.45, 2.75) is 155 Å². The number of anilines is 1. The Labute approximate surface area is 564 Å². The molecule has 2 atom stereocenters. The molecular weight excluding hydrogens is 1230 g/mol. The molecule has 502 valence electrons. The Morgan fingerprint density at radius 2 is 1.25 bits per heavy atom. The molecule has 2 heterocycles. The zero-order valence-electron chi connectivity index (χ0n) is 55.8. The first kappa shape index (κ1) is 73.5. The smallest absolute Gasteiger partial charge is 0.488 e. The molecule has 0 fully saturated rings. The largest absolute Gasteiger partial charge is 0.748 e. The second-order valence-corrected chi connectivity index (χ2v) is 28.3. The number of ketones is 1. The van der Waals surface area contributed by atoms with E-state index in [0.717, 1.165) is 108 Å². The number of carbonyl (C=O) groups excluding carboxylic acids is 1. The average Bonchev–Trinajstić information content (AvgIpc) is 1.60. The zero-order chi connectivity index (χ0) is 68.5. The summed E-state index contributed by atoms with van der Waals surface area (Å²) >= 11 is 0. The lowest BCUT2D eigenvalue weighted by Gasteiger charge is -2.28. The molecule has 6 aromatic carbocycles. The standard InChI is InChI=1S/C75H92B2N4O9S.O3S/c1-8-9-47-80-68-31-16-12-27-64(68)74(4,5)71(80)44-40-59-25-22-26-60(41-45-72-75(6,7)65-28-13-17-32-69(65)81(72)48-20-21-49-91(87,88)89)73(59)90-63-42-38-58(39-43-63)52-79(54-62-24-11-15-30-67(62)77(85)86)51-57-36-34-56(35-37-57)50-78(46-19-18-33-70(82)55(2)3)53-61-23-10-14-29-66(61)76(83)84;1-4(2)3/h10-17,23-24,27-32,34-45,71,83-86H,2,8-9,18-22,25-26,33,46-54H2,1,3-7H3,(H,87,88,89);/b44-40+,60-41+,72-45+;. The molecular formula is C75H92B2N4O12S2. The highest BCUT2D eigenvalue weighted by Gasteiger charge is 2.47. The Bertz CT molecular complexity index is 3980. The molecule has 0 spiro atoms. The fraction of sp³-hybridized carbons (Fsp3) is 0.373. The van der Waals surface area contributed by atoms with Crippen LogP contribution in [-0.2, 0) is 69.1 Å². The molecule has 9 rings (SSSR count). The third kappa shape index (κ3) is 20.1. The van der Waals surface area contributed by atoms with E-state index >= 15 is 0 Å². The van der Waals surface area contributed by atoms with Gasteiger partial charge in [-0.2, -0.15) is 0 Å². The van der Waals surface area contributed by atoms with Crippen LogP contribution in [-0.4, -0.2) is 107 Å². The summed E-state index contributed by atoms with van der Waals surface area (Å²) in [5.74, 6) is 1.23. The SMILES string of the molecule is C=C(C)C(=O)CCCCN(Cc1ccc(CN(Cc2ccc(OC3=C(/C=C/C4[NH+](CCCC)c5ccccc5C4(C)C)CCC/C3=C\C=C3\N(CCCCS(=O)(=O)[O-])c4ccccc4C3(C)C)cc2)Cc2ccccc2B(O)O)cc1)Cc1ccccc1B(O)O.O=S(=O)=O. The molecule has 0 saturated carbocycles. The number of fused-ring (bicyclic) bond motifs is 2. The van der Waals surface area contributed by atoms with Gasteiger partial charge in [0.05, 0.1) is 22.1 Å². The first-order chi connectivity index (χ1) is 45.3. The predicted molar refractivity (Wildman–Crippen MR) is 377 cm³/mol. The molecule has 0 amide bonds. The number of quaternary nitrogens is 1. The van der Waals surface area contributed by atoms with Gasteiger partial charge in [0.15, 0.2) is 5.78 Å². The molecule has 95 heavy (non-hydrogen) atoms. The number of para-hydroxylation sites is 2. The Morgan fingerprint density at radius 1 is 0.705 bits per heavy atom. The summed E-state index contributed by atoms with van der Waals surface area (Å²) in [5.41, 5.74) is 14.2. The molecule has 5 N–H and O–H groups in total. The van der Waals surface area contributed by atoms with E-state index in [0.29, 0.717) is 80.9 Å². The molecule has 0 radical (unpaired) electrons. The molecule has 0 aromatic heterocycles. The van der Waals surface area contributed by atoms with E-state index < -0.39 is 35.0 Å². The monoisotopic (exact) mass is 1330 g/mol. The van der Waals surface area contributed by atoms with Gasteiger partial charge in [0, 0.05) is 73.8 Å². The molecule has 2 aliphatic heterocycles. The average molecular weight is 1330 g/mol. The maximum absolute atomic E-state index is 12.4. The van der Waals surface area contributed by atoms with E-state index in [2.05, 4.69) is 159 Å². The molecule has 1 aliphatic carbocycles. The van der Waals surface area contributed by atoms with Gasteiger partial charge in [0.2, 0.25) is 0 Å². The fourth-order valence-electron chi connectivity index (χ4n) is 13.6. The first-order valence-electron chi connectivity index (χ1n) is 33.1. The van der Waals surface area contributed by atoms with Gasteiger partial charge in [-0.1, -0.05) is 167 Å². The molecule has 6 aromatic rings. The summed E-state index contributed by atoms with van der Waals surface area (Å²) in [6, 6.07) is 49.1. The van der Waals surface area contributed by atoms with Gasteiger partial charge >= 0.3 is 24.8 Å². The maximum atomic E-state index is 12.4. The van der Waals surface area contributed by atoms with Crippen LogP contribution in [0.25, 0.3) is 0 Å². The van der Waals surface area contributed by atoms with E-state index in [1.807, 2.05) is 48.5 Å². The van der Waals surface area contributed by atoms with Crippen LogP contribution in [0.2, 0.25) is 0 Å². The van der Waals surface area contributed by atoms with E-state index in [1.54, 1.807) is 25.1 Å². The van der Waals surface area contributed by atoms with Crippen LogP contribution in [0.3, 0.4) is 0 Å². The highest BCUT2D eigenvalue weighted by atomic mass is 32.2. The molecule has 0 bridgehead atoms. The predicted octanol–water partition coefficient (Wildman–Crippen LogP) is 9.55. The Kier molecular flexibility index (Phi) is 26.3. The summed E-state index contributed by atoms with van der Waals surface area (Å²) in [7, 11) is -10.7. The number of nitrogens with one attached hydrogen (secondary N) is 1. The Balaban J connectivity index is 0.00000281. The van der Waals surface area contributed by atoms with E-state index in [1.165, 1.54) is 21.7 Å². The highest BCUT2D eigenvalue weighted by Crippen LogP contribution is 2.48. The minimum atomic E-state index is -4.32. The maximum Gasteiger partial charge on any atom is 0.488 e. The van der Waals surface area contributed by atoms with Gasteiger partial charge in [-0.05, 0) is 176 Å². The van der Waals surface area contributed by atoms with Crippen LogP contribution < -0.4 is 25.5 Å². The van der Waals surface area contributed by atoms with Crippen molar-refractivity contribution in [2.24, 2.45) is 0 Å². The topological polar surface area (TPSA) is 230 Å². The number of benzene rings is 6. The minimum absolute atomic E-state index is 0.0665. The minimum Gasteiger partial charge on any atom is -0.748 e. The first-order valence-corrected chi connectivity index (χ1v) is 35.6. The van der Waals surface area contributed by atoms with Crippen molar-refractivity contribution >= 4 is 63.0 Å². The number of nitrogens with zero attached hydrogens (tertiary/aromatic N) is 3. The summed E-state index contributed by atoms with van der Waals surface area (Å²) in [6.45, 7) is 22.0. The number of Topliss-reactive ketones (excluding diaryl/α,β-unsaturated/α-hetero) is 1. The molecule has 16 nitrogen and oxygen atoms in total. The third-order valence-corrected chi connectivity index (χ3v) is 19.4. The van der Waals surface area contributed by atoms with Gasteiger partial charge in [0.25, 0.3) is 0 Å². The van der Waals surface area contributed by atoms with Crippen LogP contribution in [0, 0.1) is 0 Å². The van der Waals surface area contributed by atoms with Gasteiger partial charge in [0.1, 0.15) is 23.2 Å². The van der Waals surface area contributed by atoms with E-state index in [-0.39, 0.29) is 34.8 Å². The number of unbranched alkanes of at least 4 members (excludes halogenated alkanes) is 3. The second kappa shape index (κ2) is 34.1. The zero-order valence-corrected chi connectivity index (χ0v) is 57.4. The van der Waals surface area contributed by atoms with Crippen molar-refractivity contribution in [3.05, 3.63) is 244 Å². The van der Waals surface area contributed by atoms with Crippen molar-refractivity contribution in [3.63, 3.8) is 0 Å². The molecule has 20 heteroatoms. The van der Waals surface area contributed by atoms with Crippen LogP contribution in [0.4, 0.5) is 11.4 Å².